The van der Waals surface area contributed by atoms with E-state index in [-0.39, 0.29) is 29.3 Å². The minimum atomic E-state index is -0.378. The van der Waals surface area contributed by atoms with Crippen LogP contribution in [0.1, 0.15) is 54.7 Å². The Bertz CT molecular complexity index is 671. The maximum absolute atomic E-state index is 14.3. The van der Waals surface area contributed by atoms with Crippen molar-refractivity contribution in [2.24, 2.45) is 11.8 Å². The number of ketones is 1. The molecule has 0 amide bonds. The number of halogens is 2. The van der Waals surface area contributed by atoms with Crippen molar-refractivity contribution in [3.8, 4) is 0 Å². The zero-order valence-electron chi connectivity index (χ0n) is 14.7. The Morgan fingerprint density at radius 1 is 0.792 bits per heavy atom. The van der Waals surface area contributed by atoms with E-state index in [9.17, 15) is 13.6 Å². The fraction of sp³-hybridized carbons (Fsp3) is 0.381. The molecule has 0 fully saturated rings. The lowest BCUT2D eigenvalue weighted by molar-refractivity contribution is 0.103. The molecule has 2 aromatic rings. The molecule has 0 aliphatic heterocycles. The van der Waals surface area contributed by atoms with Gasteiger partial charge in [0.2, 0.25) is 0 Å². The molecule has 2 aromatic carbocycles. The molecule has 0 bridgehead atoms. The van der Waals surface area contributed by atoms with E-state index in [1.165, 1.54) is 24.3 Å². The summed E-state index contributed by atoms with van der Waals surface area (Å²) in [4.78, 5) is 13.0. The topological polar surface area (TPSA) is 17.1 Å². The fourth-order valence-electron chi connectivity index (χ4n) is 2.92. The predicted molar refractivity (Wildman–Crippen MR) is 93.3 cm³/mol. The van der Waals surface area contributed by atoms with Crippen LogP contribution >= 0.6 is 0 Å². The van der Waals surface area contributed by atoms with Crippen molar-refractivity contribution in [2.45, 2.75) is 40.5 Å². The first-order valence-electron chi connectivity index (χ1n) is 8.40. The third-order valence-electron chi connectivity index (χ3n) is 3.95. The normalized spacial score (nSPS) is 11.3. The van der Waals surface area contributed by atoms with Crippen molar-refractivity contribution >= 4 is 5.78 Å². The van der Waals surface area contributed by atoms with Crippen LogP contribution < -0.4 is 0 Å². The van der Waals surface area contributed by atoms with E-state index in [0.717, 1.165) is 0 Å². The Morgan fingerprint density at radius 2 is 1.17 bits per heavy atom. The first-order valence-corrected chi connectivity index (χ1v) is 8.40. The predicted octanol–water partition coefficient (Wildman–Crippen LogP) is 5.59. The zero-order chi connectivity index (χ0) is 17.9. The molecule has 0 heterocycles. The first-order chi connectivity index (χ1) is 11.3. The van der Waals surface area contributed by atoms with Crippen LogP contribution in [-0.4, -0.2) is 5.78 Å². The second kappa shape index (κ2) is 7.69. The van der Waals surface area contributed by atoms with Crippen LogP contribution in [0.2, 0.25) is 0 Å². The van der Waals surface area contributed by atoms with E-state index in [1.807, 2.05) is 27.7 Å². The van der Waals surface area contributed by atoms with E-state index in [2.05, 4.69) is 0 Å². The molecule has 0 atom stereocenters. The largest absolute Gasteiger partial charge is 0.289 e. The van der Waals surface area contributed by atoms with Gasteiger partial charge in [-0.1, -0.05) is 52.0 Å². The summed E-state index contributed by atoms with van der Waals surface area (Å²) in [6, 6.07) is 9.08. The average Bonchev–Trinajstić information content (AvgIpc) is 2.50. The molecule has 0 radical (unpaired) electrons. The molecule has 0 saturated heterocycles. The van der Waals surface area contributed by atoms with Crippen LogP contribution in [0.3, 0.4) is 0 Å². The lowest BCUT2D eigenvalue weighted by atomic mass is 9.89. The van der Waals surface area contributed by atoms with E-state index < -0.39 is 0 Å². The number of rotatable bonds is 6. The van der Waals surface area contributed by atoms with Gasteiger partial charge in [-0.05, 0) is 47.9 Å². The highest BCUT2D eigenvalue weighted by Gasteiger charge is 2.21. The smallest absolute Gasteiger partial charge is 0.193 e. The minimum Gasteiger partial charge on any atom is -0.289 e. The number of carbonyl (C=O) groups is 1. The maximum Gasteiger partial charge on any atom is 0.193 e. The molecule has 0 aromatic heterocycles. The molecule has 0 unspecified atom stereocenters. The standard InChI is InChI=1S/C21H24F2O/c1-13(2)11-17-15(7-5-9-19(17)22)21(24)16-8-6-10-20(23)18(16)12-14(3)4/h5-10,13-14H,11-12H2,1-4H3. The lowest BCUT2D eigenvalue weighted by Gasteiger charge is -2.15. The number of hydrogen-bond donors (Lipinski definition) is 0. The molecular formula is C21H24F2O. The SMILES string of the molecule is CC(C)Cc1c(F)cccc1C(=O)c1cccc(F)c1CC(C)C. The Balaban J connectivity index is 2.54. The van der Waals surface area contributed by atoms with Gasteiger partial charge in [-0.15, -0.1) is 0 Å². The molecule has 2 rings (SSSR count). The summed E-state index contributed by atoms with van der Waals surface area (Å²) in [6.45, 7) is 7.92. The molecule has 0 saturated carbocycles. The monoisotopic (exact) mass is 330 g/mol. The Hall–Kier alpha value is -2.03. The Labute approximate surface area is 142 Å². The van der Waals surface area contributed by atoms with E-state index in [4.69, 9.17) is 0 Å². The summed E-state index contributed by atoms with van der Waals surface area (Å²) in [7, 11) is 0. The van der Waals surface area contributed by atoms with E-state index >= 15 is 0 Å². The average molecular weight is 330 g/mol. The van der Waals surface area contributed by atoms with Gasteiger partial charge in [0.1, 0.15) is 11.6 Å². The third-order valence-corrected chi connectivity index (χ3v) is 3.95. The van der Waals surface area contributed by atoms with Gasteiger partial charge < -0.3 is 0 Å². The maximum atomic E-state index is 14.3. The molecule has 3 heteroatoms. The van der Waals surface area contributed by atoms with Crippen LogP contribution in [0.15, 0.2) is 36.4 Å². The molecule has 0 aliphatic carbocycles. The van der Waals surface area contributed by atoms with Gasteiger partial charge in [-0.2, -0.15) is 0 Å². The molecule has 1 nitrogen and oxygen atoms in total. The first kappa shape index (κ1) is 18.3. The van der Waals surface area contributed by atoms with Gasteiger partial charge >= 0.3 is 0 Å². The summed E-state index contributed by atoms with van der Waals surface area (Å²) in [5.74, 6) is -0.625. The molecule has 128 valence electrons. The number of benzene rings is 2. The van der Waals surface area contributed by atoms with Gasteiger partial charge in [0.05, 0.1) is 0 Å². The van der Waals surface area contributed by atoms with Gasteiger partial charge in [0, 0.05) is 11.1 Å². The van der Waals surface area contributed by atoms with Crippen molar-refractivity contribution in [1.29, 1.82) is 0 Å². The summed E-state index contributed by atoms with van der Waals surface area (Å²) in [6.07, 6.45) is 0.950. The fourth-order valence-corrected chi connectivity index (χ4v) is 2.92. The van der Waals surface area contributed by atoms with Gasteiger partial charge in [-0.3, -0.25) is 4.79 Å². The van der Waals surface area contributed by atoms with Crippen molar-refractivity contribution in [3.63, 3.8) is 0 Å². The van der Waals surface area contributed by atoms with Crippen molar-refractivity contribution in [2.75, 3.05) is 0 Å². The third kappa shape index (κ3) is 4.08. The van der Waals surface area contributed by atoms with Gasteiger partial charge in [0.25, 0.3) is 0 Å². The van der Waals surface area contributed by atoms with Crippen LogP contribution in [0, 0.1) is 23.5 Å². The lowest BCUT2D eigenvalue weighted by Crippen LogP contribution is -2.13. The summed E-state index contributed by atoms with van der Waals surface area (Å²) in [5.41, 5.74) is 1.49. The highest BCUT2D eigenvalue weighted by Crippen LogP contribution is 2.25. The van der Waals surface area contributed by atoms with Crippen molar-refractivity contribution < 1.29 is 13.6 Å². The zero-order valence-corrected chi connectivity index (χ0v) is 14.7. The minimum absolute atomic E-state index is 0.219. The molecule has 0 N–H and O–H groups in total. The molecule has 0 aliphatic rings. The molecular weight excluding hydrogens is 306 g/mol. The molecule has 0 spiro atoms. The summed E-state index contributed by atoms with van der Waals surface area (Å²) in [5, 5.41) is 0. The number of carbonyl (C=O) groups excluding carboxylic acids is 1. The second-order valence-corrected chi connectivity index (χ2v) is 7.06. The number of hydrogen-bond acceptors (Lipinski definition) is 1. The summed E-state index contributed by atoms with van der Waals surface area (Å²) < 4.78 is 28.5. The van der Waals surface area contributed by atoms with Gasteiger partial charge in [-0.25, -0.2) is 8.78 Å². The highest BCUT2D eigenvalue weighted by atomic mass is 19.1. The quantitative estimate of drug-likeness (QED) is 0.631. The van der Waals surface area contributed by atoms with Gasteiger partial charge in [0.15, 0.2) is 5.78 Å². The highest BCUT2D eigenvalue weighted by molar-refractivity contribution is 6.10. The van der Waals surface area contributed by atoms with Crippen molar-refractivity contribution in [1.82, 2.24) is 0 Å². The van der Waals surface area contributed by atoms with Crippen LogP contribution in [-0.2, 0) is 12.8 Å². The second-order valence-electron chi connectivity index (χ2n) is 7.06. The Morgan fingerprint density at radius 3 is 1.50 bits per heavy atom. The van der Waals surface area contributed by atoms with E-state index in [0.29, 0.717) is 35.1 Å². The summed E-state index contributed by atoms with van der Waals surface area (Å²) >= 11 is 0. The van der Waals surface area contributed by atoms with Crippen LogP contribution in [0.4, 0.5) is 8.78 Å². The van der Waals surface area contributed by atoms with E-state index in [1.54, 1.807) is 12.1 Å². The van der Waals surface area contributed by atoms with Crippen LogP contribution in [0.5, 0.6) is 0 Å². The Kier molecular flexibility index (Phi) is 5.87. The van der Waals surface area contributed by atoms with Crippen molar-refractivity contribution in [3.05, 3.63) is 70.3 Å². The molecule has 24 heavy (non-hydrogen) atoms. The van der Waals surface area contributed by atoms with Crippen LogP contribution in [0.25, 0.3) is 0 Å².